The Bertz CT molecular complexity index is 810. The van der Waals surface area contributed by atoms with E-state index in [1.165, 1.54) is 13.0 Å². The summed E-state index contributed by atoms with van der Waals surface area (Å²) in [7, 11) is 0. The number of nitrogens with zero attached hydrogens (tertiary/aromatic N) is 3. The lowest BCUT2D eigenvalue weighted by atomic mass is 10.1. The van der Waals surface area contributed by atoms with Crippen LogP contribution in [-0.4, -0.2) is 27.1 Å². The van der Waals surface area contributed by atoms with E-state index in [-0.39, 0.29) is 23.0 Å². The predicted octanol–water partition coefficient (Wildman–Crippen LogP) is 4.28. The number of aromatic nitrogens is 1. The van der Waals surface area contributed by atoms with Gasteiger partial charge in [0.1, 0.15) is 0 Å². The summed E-state index contributed by atoms with van der Waals surface area (Å²) >= 11 is 1.67. The number of carbonyl (C=O) groups excluding carboxylic acids is 1. The molecule has 1 saturated heterocycles. The number of alkyl halides is 3. The number of carbonyl (C=O) groups is 1. The van der Waals surface area contributed by atoms with Crippen LogP contribution in [0.25, 0.3) is 10.9 Å². The number of thioether (sulfide) groups is 1. The zero-order valence-corrected chi connectivity index (χ0v) is 12.8. The van der Waals surface area contributed by atoms with Crippen LogP contribution >= 0.6 is 11.8 Å². The van der Waals surface area contributed by atoms with Crippen molar-refractivity contribution in [2.75, 3.05) is 11.5 Å². The van der Waals surface area contributed by atoms with Crippen molar-refractivity contribution in [2.45, 2.75) is 19.1 Å². The maximum Gasteiger partial charge on any atom is 0.416 e. The van der Waals surface area contributed by atoms with E-state index in [1.807, 2.05) is 0 Å². The molecule has 1 N–H and O–H groups in total. The molecule has 0 saturated carbocycles. The van der Waals surface area contributed by atoms with Crippen molar-refractivity contribution >= 4 is 34.3 Å². The summed E-state index contributed by atoms with van der Waals surface area (Å²) in [6, 6.07) is 3.19. The third-order valence-electron chi connectivity index (χ3n) is 3.55. The molecule has 122 valence electrons. The Morgan fingerprint density at radius 1 is 1.39 bits per heavy atom. The normalized spacial score (nSPS) is 16.2. The van der Waals surface area contributed by atoms with Crippen LogP contribution < -0.4 is 0 Å². The maximum absolute atomic E-state index is 12.9. The molecule has 1 aromatic heterocycles. The summed E-state index contributed by atoms with van der Waals surface area (Å²) in [5, 5.41) is 17.5. The van der Waals surface area contributed by atoms with Crippen LogP contribution in [0.5, 0.6) is 5.88 Å². The summed E-state index contributed by atoms with van der Waals surface area (Å²) < 4.78 is 40.3. The molecule has 0 atom stereocenters. The van der Waals surface area contributed by atoms with E-state index in [0.717, 1.165) is 23.6 Å². The van der Waals surface area contributed by atoms with Crippen molar-refractivity contribution < 1.29 is 23.1 Å². The van der Waals surface area contributed by atoms with Gasteiger partial charge in [0.15, 0.2) is 5.69 Å². The monoisotopic (exact) mass is 343 g/mol. The first kappa shape index (κ1) is 15.9. The minimum absolute atomic E-state index is 0.0134. The highest BCUT2D eigenvalue weighted by Crippen LogP contribution is 2.46. The summed E-state index contributed by atoms with van der Waals surface area (Å²) in [6.07, 6.45) is -4.51. The number of aromatic hydroxyl groups is 1. The van der Waals surface area contributed by atoms with Gasteiger partial charge in [-0.2, -0.15) is 24.9 Å². The predicted molar refractivity (Wildman–Crippen MR) is 80.2 cm³/mol. The van der Waals surface area contributed by atoms with Crippen molar-refractivity contribution in [3.8, 4) is 5.88 Å². The number of amides is 1. The largest absolute Gasteiger partial charge is 0.493 e. The number of rotatable bonds is 2. The van der Waals surface area contributed by atoms with E-state index in [4.69, 9.17) is 0 Å². The lowest BCUT2D eigenvalue weighted by molar-refractivity contribution is -0.137. The van der Waals surface area contributed by atoms with Gasteiger partial charge in [0, 0.05) is 23.8 Å². The minimum atomic E-state index is -4.51. The summed E-state index contributed by atoms with van der Waals surface area (Å²) in [5.41, 5.74) is -0.513. The zero-order chi connectivity index (χ0) is 16.8. The van der Waals surface area contributed by atoms with Gasteiger partial charge in [-0.3, -0.25) is 4.79 Å². The molecule has 1 aliphatic heterocycles. The molecule has 5 nitrogen and oxygen atoms in total. The van der Waals surface area contributed by atoms with E-state index < -0.39 is 17.6 Å². The fourth-order valence-corrected chi connectivity index (χ4v) is 3.17. The van der Waals surface area contributed by atoms with Crippen LogP contribution in [-0.2, 0) is 11.0 Å². The lowest BCUT2D eigenvalue weighted by Gasteiger charge is -2.27. The molecule has 1 amide bonds. The van der Waals surface area contributed by atoms with Crippen LogP contribution in [0.15, 0.2) is 28.4 Å². The second-order valence-electron chi connectivity index (χ2n) is 5.18. The molecule has 1 aliphatic rings. The molecule has 1 fully saturated rings. The average Bonchev–Trinajstić information content (AvgIpc) is 2.66. The molecule has 0 unspecified atom stereocenters. The number of azo groups is 1. The van der Waals surface area contributed by atoms with Gasteiger partial charge in [0.25, 0.3) is 5.91 Å². The van der Waals surface area contributed by atoms with Crippen molar-refractivity contribution in [3.05, 3.63) is 23.8 Å². The van der Waals surface area contributed by atoms with Crippen LogP contribution in [0.3, 0.4) is 0 Å². The van der Waals surface area contributed by atoms with Crippen molar-refractivity contribution in [3.63, 3.8) is 0 Å². The van der Waals surface area contributed by atoms with Crippen molar-refractivity contribution in [1.29, 1.82) is 0 Å². The van der Waals surface area contributed by atoms with Gasteiger partial charge in [-0.25, -0.2) is 0 Å². The number of halogens is 3. The fraction of sp³-hybridized carbons (Fsp3) is 0.357. The van der Waals surface area contributed by atoms with E-state index in [2.05, 4.69) is 10.2 Å². The first-order valence-electron chi connectivity index (χ1n) is 6.73. The van der Waals surface area contributed by atoms with Crippen LogP contribution in [0, 0.1) is 0 Å². The topological polar surface area (TPSA) is 66.9 Å². The Balaban J connectivity index is 2.24. The van der Waals surface area contributed by atoms with E-state index in [0.29, 0.717) is 5.52 Å². The smallest absolute Gasteiger partial charge is 0.416 e. The van der Waals surface area contributed by atoms with Gasteiger partial charge in [-0.15, -0.1) is 10.2 Å². The average molecular weight is 343 g/mol. The van der Waals surface area contributed by atoms with E-state index in [9.17, 15) is 23.1 Å². The van der Waals surface area contributed by atoms with E-state index in [1.54, 1.807) is 16.3 Å². The highest BCUT2D eigenvalue weighted by Gasteiger charge is 2.33. The first-order chi connectivity index (χ1) is 10.8. The lowest BCUT2D eigenvalue weighted by Crippen LogP contribution is -2.22. The van der Waals surface area contributed by atoms with Crippen LogP contribution in [0.2, 0.25) is 0 Å². The first-order valence-corrected chi connectivity index (χ1v) is 7.88. The van der Waals surface area contributed by atoms with Crippen LogP contribution in [0.4, 0.5) is 18.9 Å². The zero-order valence-electron chi connectivity index (χ0n) is 12.0. The standard InChI is InChI=1S/C14H12F3N3O2S/c1-7(21)18-19-12-10-4-8(14(15,16)17)2-3-11(10)20(13(12)22)9-5-23-6-9/h2-4,9,22H,5-6H2,1H3. The van der Waals surface area contributed by atoms with Crippen LogP contribution in [0.1, 0.15) is 18.5 Å². The van der Waals surface area contributed by atoms with Crippen molar-refractivity contribution in [2.24, 2.45) is 10.2 Å². The summed E-state index contributed by atoms with van der Waals surface area (Å²) in [4.78, 5) is 11.0. The molecule has 2 aromatic rings. The second kappa shape index (κ2) is 5.55. The van der Waals surface area contributed by atoms with Gasteiger partial charge < -0.3 is 9.67 Å². The Kier molecular flexibility index (Phi) is 3.83. The molecule has 3 rings (SSSR count). The highest BCUT2D eigenvalue weighted by atomic mass is 32.2. The number of benzene rings is 1. The van der Waals surface area contributed by atoms with Gasteiger partial charge in [-0.05, 0) is 18.2 Å². The Morgan fingerprint density at radius 3 is 2.61 bits per heavy atom. The highest BCUT2D eigenvalue weighted by molar-refractivity contribution is 8.00. The van der Waals surface area contributed by atoms with Crippen molar-refractivity contribution in [1.82, 2.24) is 4.57 Å². The Hall–Kier alpha value is -2.03. The van der Waals surface area contributed by atoms with Gasteiger partial charge in [0.05, 0.1) is 17.1 Å². The molecular weight excluding hydrogens is 331 g/mol. The SMILES string of the molecule is CC(=O)N=Nc1c(O)n(C2CSC2)c2ccc(C(F)(F)F)cc12. The minimum Gasteiger partial charge on any atom is -0.493 e. The van der Waals surface area contributed by atoms with E-state index >= 15 is 0 Å². The number of hydrogen-bond donors (Lipinski definition) is 1. The molecule has 9 heteroatoms. The molecule has 0 bridgehead atoms. The Labute approximate surface area is 133 Å². The quantitative estimate of drug-likeness (QED) is 0.828. The fourth-order valence-electron chi connectivity index (χ4n) is 2.42. The third kappa shape index (κ3) is 2.80. The van der Waals surface area contributed by atoms with Gasteiger partial charge in [-0.1, -0.05) is 0 Å². The molecule has 1 aromatic carbocycles. The maximum atomic E-state index is 12.9. The third-order valence-corrected chi connectivity index (χ3v) is 4.80. The molecular formula is C14H12F3N3O2S. The molecule has 2 heterocycles. The summed E-state index contributed by atoms with van der Waals surface area (Å²) in [5.74, 6) is 0.634. The number of hydrogen-bond acceptors (Lipinski definition) is 4. The molecule has 23 heavy (non-hydrogen) atoms. The Morgan fingerprint density at radius 2 is 2.09 bits per heavy atom. The second-order valence-corrected chi connectivity index (χ2v) is 6.26. The molecule has 0 spiro atoms. The van der Waals surface area contributed by atoms with Gasteiger partial charge >= 0.3 is 6.18 Å². The molecule has 0 aliphatic carbocycles. The number of fused-ring (bicyclic) bond motifs is 1. The summed E-state index contributed by atoms with van der Waals surface area (Å²) in [6.45, 7) is 1.17. The van der Waals surface area contributed by atoms with Gasteiger partial charge in [0.2, 0.25) is 5.88 Å². The molecule has 0 radical (unpaired) electrons.